The summed E-state index contributed by atoms with van der Waals surface area (Å²) in [7, 11) is 1.38. The molecule has 1 heterocycles. The molecule has 0 spiro atoms. The van der Waals surface area contributed by atoms with Crippen LogP contribution in [-0.4, -0.2) is 23.8 Å². The topological polar surface area (TPSA) is 39.2 Å². The van der Waals surface area contributed by atoms with Gasteiger partial charge in [0.2, 0.25) is 0 Å². The molecular weight excluding hydrogens is 242 g/mol. The summed E-state index contributed by atoms with van der Waals surface area (Å²) in [5.41, 5.74) is 0.465. The fourth-order valence-electron chi connectivity index (χ4n) is 1.18. The molecule has 0 amide bonds. The second kappa shape index (κ2) is 6.25. The van der Waals surface area contributed by atoms with Crippen LogP contribution in [0.25, 0.3) is 0 Å². The molecule has 0 N–H and O–H groups in total. The highest BCUT2D eigenvalue weighted by Gasteiger charge is 2.15. The number of hydrogen-bond acceptors (Lipinski definition) is 5. The van der Waals surface area contributed by atoms with Crippen LogP contribution >= 0.6 is 23.1 Å². The summed E-state index contributed by atoms with van der Waals surface area (Å²) >= 11 is 3.43. The van der Waals surface area contributed by atoms with E-state index in [1.807, 2.05) is 18.7 Å². The number of thioether (sulfide) groups is 1. The Kier molecular flexibility index (Phi) is 5.28. The molecule has 1 rings (SSSR count). The van der Waals surface area contributed by atoms with Crippen LogP contribution in [0.5, 0.6) is 0 Å². The molecule has 0 aliphatic rings. The average molecular weight is 259 g/mol. The molecule has 0 saturated carbocycles. The number of aromatic nitrogens is 1. The molecule has 0 bridgehead atoms. The maximum atomic E-state index is 11.3. The van der Waals surface area contributed by atoms with Crippen molar-refractivity contribution in [2.75, 3.05) is 12.9 Å². The normalized spacial score (nSPS) is 10.8. The first-order valence-electron chi connectivity index (χ1n) is 5.17. The molecule has 1 aromatic heterocycles. The van der Waals surface area contributed by atoms with Crippen LogP contribution in [0.2, 0.25) is 0 Å². The van der Waals surface area contributed by atoms with Gasteiger partial charge in [-0.15, -0.1) is 11.3 Å². The Hall–Kier alpha value is -0.550. The van der Waals surface area contributed by atoms with E-state index in [1.54, 1.807) is 11.3 Å². The number of aryl methyl sites for hydroxylation is 1. The Morgan fingerprint density at radius 1 is 1.56 bits per heavy atom. The van der Waals surface area contributed by atoms with Gasteiger partial charge < -0.3 is 4.74 Å². The van der Waals surface area contributed by atoms with Crippen LogP contribution < -0.4 is 0 Å². The quantitative estimate of drug-likeness (QED) is 0.762. The summed E-state index contributed by atoms with van der Waals surface area (Å²) < 4.78 is 4.67. The first-order chi connectivity index (χ1) is 7.54. The second-order valence-corrected chi connectivity index (χ2v) is 6.23. The van der Waals surface area contributed by atoms with E-state index >= 15 is 0 Å². The Morgan fingerprint density at radius 2 is 2.25 bits per heavy atom. The molecular formula is C11H17NO2S2. The number of carbonyl (C=O) groups is 1. The van der Waals surface area contributed by atoms with Gasteiger partial charge in [-0.2, -0.15) is 11.8 Å². The highest BCUT2D eigenvalue weighted by molar-refractivity contribution is 7.98. The zero-order valence-corrected chi connectivity index (χ0v) is 11.7. The highest BCUT2D eigenvalue weighted by Crippen LogP contribution is 2.23. The molecule has 5 heteroatoms. The van der Waals surface area contributed by atoms with Crippen molar-refractivity contribution in [2.24, 2.45) is 5.92 Å². The molecule has 0 aromatic carbocycles. The van der Waals surface area contributed by atoms with E-state index in [2.05, 4.69) is 23.6 Å². The third kappa shape index (κ3) is 3.79. The molecule has 0 unspecified atom stereocenters. The number of ether oxygens (including phenoxy) is 1. The van der Waals surface area contributed by atoms with Crippen LogP contribution in [0.3, 0.4) is 0 Å². The lowest BCUT2D eigenvalue weighted by molar-refractivity contribution is 0.0594. The summed E-state index contributed by atoms with van der Waals surface area (Å²) in [6, 6.07) is 0. The minimum Gasteiger partial charge on any atom is -0.464 e. The lowest BCUT2D eigenvalue weighted by atomic mass is 10.3. The number of carbonyl (C=O) groups excluding carboxylic acids is 1. The van der Waals surface area contributed by atoms with Crippen molar-refractivity contribution in [3.63, 3.8) is 0 Å². The largest absolute Gasteiger partial charge is 0.464 e. The average Bonchev–Trinajstić information content (AvgIpc) is 2.58. The molecule has 0 radical (unpaired) electrons. The first kappa shape index (κ1) is 13.5. The second-order valence-electron chi connectivity index (χ2n) is 3.91. The molecule has 0 atom stereocenters. The minimum absolute atomic E-state index is 0.339. The SMILES string of the molecule is COC(=O)c1nc(CSCC(C)C)sc1C. The van der Waals surface area contributed by atoms with Gasteiger partial charge in [-0.3, -0.25) is 0 Å². The standard InChI is InChI=1S/C11H17NO2S2/c1-7(2)5-15-6-9-12-10(8(3)16-9)11(13)14-4/h7H,5-6H2,1-4H3. The van der Waals surface area contributed by atoms with Crippen molar-refractivity contribution >= 4 is 29.1 Å². The van der Waals surface area contributed by atoms with Gasteiger partial charge in [-0.25, -0.2) is 9.78 Å². The minimum atomic E-state index is -0.339. The van der Waals surface area contributed by atoms with Crippen molar-refractivity contribution in [1.82, 2.24) is 4.98 Å². The monoisotopic (exact) mass is 259 g/mol. The van der Waals surface area contributed by atoms with Crippen molar-refractivity contribution in [3.8, 4) is 0 Å². The van der Waals surface area contributed by atoms with Crippen LogP contribution in [-0.2, 0) is 10.5 Å². The number of thiazole rings is 1. The Morgan fingerprint density at radius 3 is 2.81 bits per heavy atom. The first-order valence-corrected chi connectivity index (χ1v) is 7.14. The fraction of sp³-hybridized carbons (Fsp3) is 0.636. The predicted molar refractivity (Wildman–Crippen MR) is 69.2 cm³/mol. The molecule has 90 valence electrons. The maximum absolute atomic E-state index is 11.3. The zero-order chi connectivity index (χ0) is 12.1. The molecule has 0 fully saturated rings. The van der Waals surface area contributed by atoms with E-state index in [0.29, 0.717) is 11.6 Å². The number of hydrogen-bond donors (Lipinski definition) is 0. The summed E-state index contributed by atoms with van der Waals surface area (Å²) in [6.07, 6.45) is 0. The molecule has 0 saturated heterocycles. The van der Waals surface area contributed by atoms with Gasteiger partial charge in [0, 0.05) is 10.6 Å². The van der Waals surface area contributed by atoms with Crippen LogP contribution in [0.4, 0.5) is 0 Å². The lowest BCUT2D eigenvalue weighted by Gasteiger charge is -2.01. The van der Waals surface area contributed by atoms with E-state index in [-0.39, 0.29) is 5.97 Å². The smallest absolute Gasteiger partial charge is 0.357 e. The molecule has 0 aliphatic carbocycles. The molecule has 1 aromatic rings. The van der Waals surface area contributed by atoms with E-state index in [0.717, 1.165) is 21.4 Å². The lowest BCUT2D eigenvalue weighted by Crippen LogP contribution is -2.03. The summed E-state index contributed by atoms with van der Waals surface area (Å²) in [5.74, 6) is 2.34. The molecule has 0 aliphatic heterocycles. The van der Waals surface area contributed by atoms with Gasteiger partial charge in [0.15, 0.2) is 5.69 Å². The van der Waals surface area contributed by atoms with Gasteiger partial charge in [-0.1, -0.05) is 13.8 Å². The van der Waals surface area contributed by atoms with Gasteiger partial charge in [0.25, 0.3) is 0 Å². The van der Waals surface area contributed by atoms with Crippen molar-refractivity contribution in [2.45, 2.75) is 26.5 Å². The zero-order valence-electron chi connectivity index (χ0n) is 10.1. The summed E-state index contributed by atoms with van der Waals surface area (Å²) in [6.45, 7) is 6.29. The van der Waals surface area contributed by atoms with Gasteiger partial charge in [0.05, 0.1) is 7.11 Å². The summed E-state index contributed by atoms with van der Waals surface area (Å²) in [5, 5.41) is 1.00. The van der Waals surface area contributed by atoms with Crippen molar-refractivity contribution in [1.29, 1.82) is 0 Å². The third-order valence-electron chi connectivity index (χ3n) is 1.90. The van der Waals surface area contributed by atoms with Crippen LogP contribution in [0.15, 0.2) is 0 Å². The molecule has 3 nitrogen and oxygen atoms in total. The van der Waals surface area contributed by atoms with E-state index in [4.69, 9.17) is 0 Å². The van der Waals surface area contributed by atoms with Crippen molar-refractivity contribution < 1.29 is 9.53 Å². The van der Waals surface area contributed by atoms with Crippen LogP contribution in [0.1, 0.15) is 34.2 Å². The van der Waals surface area contributed by atoms with Gasteiger partial charge >= 0.3 is 5.97 Å². The van der Waals surface area contributed by atoms with E-state index in [9.17, 15) is 4.79 Å². The number of rotatable bonds is 5. The highest BCUT2D eigenvalue weighted by atomic mass is 32.2. The summed E-state index contributed by atoms with van der Waals surface area (Å²) in [4.78, 5) is 16.6. The molecule has 16 heavy (non-hydrogen) atoms. The Labute approximate surface area is 105 Å². The van der Waals surface area contributed by atoms with Gasteiger partial charge in [0.1, 0.15) is 5.01 Å². The predicted octanol–water partition coefficient (Wildman–Crippen LogP) is 3.13. The Balaban J connectivity index is 2.59. The van der Waals surface area contributed by atoms with E-state index < -0.39 is 0 Å². The fourth-order valence-corrected chi connectivity index (χ4v) is 3.21. The number of nitrogens with zero attached hydrogens (tertiary/aromatic N) is 1. The number of methoxy groups -OCH3 is 1. The Bertz CT molecular complexity index is 361. The number of esters is 1. The van der Waals surface area contributed by atoms with E-state index in [1.165, 1.54) is 7.11 Å². The third-order valence-corrected chi connectivity index (χ3v) is 4.43. The van der Waals surface area contributed by atoms with Gasteiger partial charge in [-0.05, 0) is 18.6 Å². The van der Waals surface area contributed by atoms with Crippen molar-refractivity contribution in [3.05, 3.63) is 15.6 Å². The van der Waals surface area contributed by atoms with Crippen LogP contribution in [0, 0.1) is 12.8 Å². The maximum Gasteiger partial charge on any atom is 0.357 e.